The van der Waals surface area contributed by atoms with E-state index in [1.807, 2.05) is 36.5 Å². The van der Waals surface area contributed by atoms with Gasteiger partial charge in [0.15, 0.2) is 0 Å². The number of fused-ring (bicyclic) bond motifs is 1. The lowest BCUT2D eigenvalue weighted by Gasteiger charge is -2.10. The first kappa shape index (κ1) is 13.3. The molecule has 0 fully saturated rings. The molecule has 1 N–H and O–H groups in total. The van der Waals surface area contributed by atoms with Crippen molar-refractivity contribution < 1.29 is 4.42 Å². The summed E-state index contributed by atoms with van der Waals surface area (Å²) >= 11 is 3.38. The zero-order valence-electron chi connectivity index (χ0n) is 11.1. The quantitative estimate of drug-likeness (QED) is 0.768. The van der Waals surface area contributed by atoms with Gasteiger partial charge in [-0.25, -0.2) is 0 Å². The first-order valence-corrected chi connectivity index (χ1v) is 7.34. The van der Waals surface area contributed by atoms with E-state index >= 15 is 0 Å². The minimum atomic E-state index is 0.146. The standard InChI is InChI=1S/C16H15BrN2O/c1-11(18-10-14-7-6-13(17)9-19-14)16-8-12-4-2-3-5-15(12)20-16/h2-9,11,18H,10H2,1H3. The maximum atomic E-state index is 5.85. The van der Waals surface area contributed by atoms with Gasteiger partial charge in [0.05, 0.1) is 11.7 Å². The van der Waals surface area contributed by atoms with Gasteiger partial charge in [-0.05, 0) is 47.1 Å². The highest BCUT2D eigenvalue weighted by molar-refractivity contribution is 9.10. The van der Waals surface area contributed by atoms with Crippen molar-refractivity contribution >= 4 is 26.9 Å². The number of hydrogen-bond acceptors (Lipinski definition) is 3. The van der Waals surface area contributed by atoms with Crippen LogP contribution in [0.15, 0.2) is 57.6 Å². The van der Waals surface area contributed by atoms with Gasteiger partial charge in [0.2, 0.25) is 0 Å². The molecule has 3 rings (SSSR count). The molecule has 0 saturated carbocycles. The Morgan fingerprint density at radius 3 is 2.85 bits per heavy atom. The number of para-hydroxylation sites is 1. The molecule has 4 heteroatoms. The van der Waals surface area contributed by atoms with Crippen LogP contribution in [0.3, 0.4) is 0 Å². The smallest absolute Gasteiger partial charge is 0.134 e. The number of aromatic nitrogens is 1. The summed E-state index contributed by atoms with van der Waals surface area (Å²) < 4.78 is 6.84. The second kappa shape index (κ2) is 5.77. The van der Waals surface area contributed by atoms with Crippen molar-refractivity contribution in [1.29, 1.82) is 0 Å². The van der Waals surface area contributed by atoms with Crippen molar-refractivity contribution in [3.63, 3.8) is 0 Å². The molecule has 102 valence electrons. The Kier molecular flexibility index (Phi) is 3.85. The fourth-order valence-electron chi connectivity index (χ4n) is 2.09. The van der Waals surface area contributed by atoms with Gasteiger partial charge in [0, 0.05) is 22.6 Å². The Labute approximate surface area is 126 Å². The fourth-order valence-corrected chi connectivity index (χ4v) is 2.32. The van der Waals surface area contributed by atoms with Crippen LogP contribution in [0.5, 0.6) is 0 Å². The highest BCUT2D eigenvalue weighted by Crippen LogP contribution is 2.23. The van der Waals surface area contributed by atoms with Crippen LogP contribution in [0.4, 0.5) is 0 Å². The highest BCUT2D eigenvalue weighted by Gasteiger charge is 2.11. The van der Waals surface area contributed by atoms with Gasteiger partial charge in [-0.15, -0.1) is 0 Å². The molecule has 1 unspecified atom stereocenters. The zero-order chi connectivity index (χ0) is 13.9. The highest BCUT2D eigenvalue weighted by atomic mass is 79.9. The third-order valence-corrected chi connectivity index (χ3v) is 3.72. The molecule has 0 bridgehead atoms. The van der Waals surface area contributed by atoms with Crippen LogP contribution in [-0.4, -0.2) is 4.98 Å². The van der Waals surface area contributed by atoms with E-state index in [1.54, 1.807) is 0 Å². The van der Waals surface area contributed by atoms with Crippen molar-refractivity contribution in [2.45, 2.75) is 19.5 Å². The summed E-state index contributed by atoms with van der Waals surface area (Å²) in [4.78, 5) is 4.35. The molecule has 3 aromatic rings. The lowest BCUT2D eigenvalue weighted by atomic mass is 10.2. The number of rotatable bonds is 4. The summed E-state index contributed by atoms with van der Waals surface area (Å²) in [5, 5.41) is 4.56. The number of nitrogens with one attached hydrogen (secondary N) is 1. The number of nitrogens with zero attached hydrogens (tertiary/aromatic N) is 1. The second-order valence-electron chi connectivity index (χ2n) is 4.76. The van der Waals surface area contributed by atoms with Gasteiger partial charge >= 0.3 is 0 Å². The van der Waals surface area contributed by atoms with Gasteiger partial charge in [-0.3, -0.25) is 4.98 Å². The van der Waals surface area contributed by atoms with Crippen LogP contribution in [-0.2, 0) is 6.54 Å². The van der Waals surface area contributed by atoms with Gasteiger partial charge < -0.3 is 9.73 Å². The molecule has 2 heterocycles. The molecule has 0 spiro atoms. The normalized spacial score (nSPS) is 12.7. The van der Waals surface area contributed by atoms with E-state index in [0.29, 0.717) is 6.54 Å². The molecule has 20 heavy (non-hydrogen) atoms. The molecule has 0 aliphatic rings. The van der Waals surface area contributed by atoms with Gasteiger partial charge in [0.25, 0.3) is 0 Å². The van der Waals surface area contributed by atoms with Crippen LogP contribution in [0.2, 0.25) is 0 Å². The Balaban J connectivity index is 1.69. The first-order valence-electron chi connectivity index (χ1n) is 6.54. The molecule has 0 aliphatic heterocycles. The number of furan rings is 1. The van der Waals surface area contributed by atoms with Crippen LogP contribution in [0, 0.1) is 0 Å². The van der Waals surface area contributed by atoms with Crippen LogP contribution in [0.25, 0.3) is 11.0 Å². The molecule has 0 radical (unpaired) electrons. The third-order valence-electron chi connectivity index (χ3n) is 3.25. The van der Waals surface area contributed by atoms with Crippen LogP contribution < -0.4 is 5.32 Å². The Morgan fingerprint density at radius 1 is 1.25 bits per heavy atom. The molecule has 1 atom stereocenters. The molecule has 0 saturated heterocycles. The van der Waals surface area contributed by atoms with E-state index in [0.717, 1.165) is 26.9 Å². The minimum absolute atomic E-state index is 0.146. The number of hydrogen-bond donors (Lipinski definition) is 1. The minimum Gasteiger partial charge on any atom is -0.459 e. The molecule has 1 aromatic carbocycles. The number of benzene rings is 1. The van der Waals surface area contributed by atoms with Gasteiger partial charge in [0.1, 0.15) is 11.3 Å². The van der Waals surface area contributed by atoms with Crippen LogP contribution in [0.1, 0.15) is 24.4 Å². The van der Waals surface area contributed by atoms with E-state index in [4.69, 9.17) is 4.42 Å². The third kappa shape index (κ3) is 2.92. The summed E-state index contributed by atoms with van der Waals surface area (Å²) in [5.41, 5.74) is 1.94. The predicted octanol–water partition coefficient (Wildman–Crippen LogP) is 4.44. The summed E-state index contributed by atoms with van der Waals surface area (Å²) in [6.07, 6.45) is 1.81. The molecule has 3 nitrogen and oxygen atoms in total. The number of pyridine rings is 1. The maximum Gasteiger partial charge on any atom is 0.134 e. The van der Waals surface area contributed by atoms with Gasteiger partial charge in [-0.1, -0.05) is 18.2 Å². The molecular weight excluding hydrogens is 316 g/mol. The van der Waals surface area contributed by atoms with Crippen LogP contribution >= 0.6 is 15.9 Å². The Morgan fingerprint density at radius 2 is 2.10 bits per heavy atom. The Hall–Kier alpha value is -1.65. The van der Waals surface area contributed by atoms with Gasteiger partial charge in [-0.2, -0.15) is 0 Å². The van der Waals surface area contributed by atoms with Crippen molar-refractivity contribution in [3.8, 4) is 0 Å². The average molecular weight is 331 g/mol. The summed E-state index contributed by atoms with van der Waals surface area (Å²) in [5.74, 6) is 0.948. The van der Waals surface area contributed by atoms with E-state index in [9.17, 15) is 0 Å². The summed E-state index contributed by atoms with van der Waals surface area (Å²) in [6, 6.07) is 14.3. The largest absolute Gasteiger partial charge is 0.459 e. The molecule has 0 aliphatic carbocycles. The van der Waals surface area contributed by atoms with E-state index in [-0.39, 0.29) is 6.04 Å². The monoisotopic (exact) mass is 330 g/mol. The second-order valence-corrected chi connectivity index (χ2v) is 5.67. The van der Waals surface area contributed by atoms with E-state index in [2.05, 4.69) is 45.3 Å². The van der Waals surface area contributed by atoms with Crippen molar-refractivity contribution in [2.75, 3.05) is 0 Å². The predicted molar refractivity (Wildman–Crippen MR) is 83.4 cm³/mol. The number of halogens is 1. The van der Waals surface area contributed by atoms with Crippen molar-refractivity contribution in [3.05, 3.63) is 64.6 Å². The molecular formula is C16H15BrN2O. The summed E-state index contributed by atoms with van der Waals surface area (Å²) in [7, 11) is 0. The lowest BCUT2D eigenvalue weighted by Crippen LogP contribution is -2.18. The zero-order valence-corrected chi connectivity index (χ0v) is 12.7. The van der Waals surface area contributed by atoms with E-state index < -0.39 is 0 Å². The van der Waals surface area contributed by atoms with Crippen molar-refractivity contribution in [2.24, 2.45) is 0 Å². The Bertz CT molecular complexity index is 673. The first-order chi connectivity index (χ1) is 9.72. The van der Waals surface area contributed by atoms with Crippen molar-refractivity contribution in [1.82, 2.24) is 10.3 Å². The maximum absolute atomic E-state index is 5.85. The molecule has 0 amide bonds. The topological polar surface area (TPSA) is 38.1 Å². The average Bonchev–Trinajstić information content (AvgIpc) is 2.90. The fraction of sp³-hybridized carbons (Fsp3) is 0.188. The van der Waals surface area contributed by atoms with E-state index in [1.165, 1.54) is 0 Å². The SMILES string of the molecule is CC(NCc1ccc(Br)cn1)c1cc2ccccc2o1. The summed E-state index contributed by atoms with van der Waals surface area (Å²) in [6.45, 7) is 2.81. The lowest BCUT2D eigenvalue weighted by molar-refractivity contribution is 0.449. The molecule has 2 aromatic heterocycles.